The molecule has 1 amide bonds. The van der Waals surface area contributed by atoms with Crippen LogP contribution in [0.3, 0.4) is 0 Å². The van der Waals surface area contributed by atoms with Crippen molar-refractivity contribution >= 4 is 29.0 Å². The van der Waals surface area contributed by atoms with Crippen molar-refractivity contribution in [3.05, 3.63) is 35.9 Å². The lowest BCUT2D eigenvalue weighted by molar-refractivity contribution is -0.192. The molecule has 0 bridgehead atoms. The SMILES string of the molecule is N[C@H]1CCCC[C@H]1Nc1ccn2ncc(C(=O)Nc3cn(CC(F)(F)F)nc3C(F)(F)F)c2n1.O=C(O)C(F)(F)F. The second-order valence-corrected chi connectivity index (χ2v) is 8.80. The molecule has 0 spiro atoms. The molecule has 20 heteroatoms. The van der Waals surface area contributed by atoms with Crippen molar-refractivity contribution in [2.45, 2.75) is 62.8 Å². The van der Waals surface area contributed by atoms with Gasteiger partial charge in [-0.05, 0) is 18.9 Å². The van der Waals surface area contributed by atoms with E-state index >= 15 is 0 Å². The number of rotatable bonds is 5. The Morgan fingerprint density at radius 2 is 1.71 bits per heavy atom. The van der Waals surface area contributed by atoms with Gasteiger partial charge in [-0.1, -0.05) is 12.8 Å². The number of aliphatic carboxylic acids is 1. The molecule has 0 unspecified atom stereocenters. The fourth-order valence-corrected chi connectivity index (χ4v) is 3.81. The second-order valence-electron chi connectivity index (χ2n) is 8.80. The number of nitrogens with one attached hydrogen (secondary N) is 2. The molecule has 11 nitrogen and oxygen atoms in total. The lowest BCUT2D eigenvalue weighted by Crippen LogP contribution is -2.42. The highest BCUT2D eigenvalue weighted by molar-refractivity contribution is 6.08. The van der Waals surface area contributed by atoms with Crippen LogP contribution in [-0.4, -0.2) is 65.8 Å². The van der Waals surface area contributed by atoms with E-state index in [9.17, 15) is 44.3 Å². The average molecular weight is 604 g/mol. The van der Waals surface area contributed by atoms with Crippen LogP contribution in [-0.2, 0) is 17.5 Å². The number of anilines is 2. The minimum absolute atomic E-state index is 0.0299. The Balaban J connectivity index is 0.000000587. The van der Waals surface area contributed by atoms with Crippen LogP contribution >= 0.6 is 0 Å². The number of aromatic nitrogens is 5. The summed E-state index contributed by atoms with van der Waals surface area (Å²) >= 11 is 0. The summed E-state index contributed by atoms with van der Waals surface area (Å²) in [6.07, 6.45) is -8.17. The molecule has 1 saturated carbocycles. The zero-order valence-electron chi connectivity index (χ0n) is 20.5. The van der Waals surface area contributed by atoms with Crippen LogP contribution < -0.4 is 16.4 Å². The summed E-state index contributed by atoms with van der Waals surface area (Å²) in [5, 5.41) is 19.2. The molecule has 2 atom stereocenters. The Morgan fingerprint density at radius 3 is 2.27 bits per heavy atom. The van der Waals surface area contributed by atoms with Crippen molar-refractivity contribution in [1.82, 2.24) is 24.4 Å². The maximum Gasteiger partial charge on any atom is 0.490 e. The summed E-state index contributed by atoms with van der Waals surface area (Å²) in [5.41, 5.74) is 3.44. The van der Waals surface area contributed by atoms with E-state index in [1.54, 1.807) is 6.07 Å². The highest BCUT2D eigenvalue weighted by Gasteiger charge is 2.40. The van der Waals surface area contributed by atoms with Gasteiger partial charge in [-0.2, -0.15) is 49.7 Å². The van der Waals surface area contributed by atoms with Gasteiger partial charge in [0, 0.05) is 24.5 Å². The summed E-state index contributed by atoms with van der Waals surface area (Å²) in [7, 11) is 0. The minimum atomic E-state index is -5.09. The molecule has 41 heavy (non-hydrogen) atoms. The predicted octanol–water partition coefficient (Wildman–Crippen LogP) is 4.07. The largest absolute Gasteiger partial charge is 0.490 e. The monoisotopic (exact) mass is 604 g/mol. The number of alkyl halides is 9. The van der Waals surface area contributed by atoms with Gasteiger partial charge >= 0.3 is 24.5 Å². The number of hydrogen-bond donors (Lipinski definition) is 4. The van der Waals surface area contributed by atoms with E-state index in [2.05, 4.69) is 20.5 Å². The van der Waals surface area contributed by atoms with E-state index in [0.29, 0.717) is 12.0 Å². The topological polar surface area (TPSA) is 152 Å². The van der Waals surface area contributed by atoms with Crippen LogP contribution in [0.4, 0.5) is 51.0 Å². The first kappa shape index (κ1) is 31.4. The number of carboxylic acids is 1. The van der Waals surface area contributed by atoms with E-state index in [-0.39, 0.29) is 28.0 Å². The van der Waals surface area contributed by atoms with Gasteiger partial charge in [-0.15, -0.1) is 0 Å². The summed E-state index contributed by atoms with van der Waals surface area (Å²) in [6.45, 7) is -1.75. The molecular weight excluding hydrogens is 583 g/mol. The van der Waals surface area contributed by atoms with Crippen molar-refractivity contribution in [2.75, 3.05) is 10.6 Å². The Morgan fingerprint density at radius 1 is 1.07 bits per heavy atom. The highest BCUT2D eigenvalue weighted by Crippen LogP contribution is 2.34. The van der Waals surface area contributed by atoms with Crippen LogP contribution in [0.25, 0.3) is 5.65 Å². The smallest absolute Gasteiger partial charge is 0.475 e. The molecular formula is C21H21F9N8O3. The number of amides is 1. The Hall–Kier alpha value is -4.10. The molecule has 1 fully saturated rings. The molecule has 0 radical (unpaired) electrons. The average Bonchev–Trinajstić information content (AvgIpc) is 3.43. The normalized spacial score (nSPS) is 18.0. The second kappa shape index (κ2) is 11.8. The van der Waals surface area contributed by atoms with Gasteiger partial charge in [0.25, 0.3) is 5.91 Å². The third-order valence-electron chi connectivity index (χ3n) is 5.63. The number of halogens is 9. The summed E-state index contributed by atoms with van der Waals surface area (Å²) in [4.78, 5) is 26.0. The maximum absolute atomic E-state index is 13.3. The Bertz CT molecular complexity index is 1380. The number of carbonyl (C=O) groups is 2. The molecule has 0 aliphatic heterocycles. The number of fused-ring (bicyclic) bond motifs is 1. The minimum Gasteiger partial charge on any atom is -0.475 e. The van der Waals surface area contributed by atoms with Gasteiger partial charge in [-0.25, -0.2) is 14.3 Å². The molecule has 3 aromatic heterocycles. The summed E-state index contributed by atoms with van der Waals surface area (Å²) in [5.74, 6) is -3.39. The van der Waals surface area contributed by atoms with Gasteiger partial charge in [0.1, 0.15) is 17.9 Å². The van der Waals surface area contributed by atoms with Gasteiger partial charge in [0.15, 0.2) is 11.3 Å². The molecule has 5 N–H and O–H groups in total. The van der Waals surface area contributed by atoms with Gasteiger partial charge in [-0.3, -0.25) is 9.48 Å². The zero-order chi connectivity index (χ0) is 30.8. The highest BCUT2D eigenvalue weighted by atomic mass is 19.4. The molecule has 1 aliphatic carbocycles. The lowest BCUT2D eigenvalue weighted by Gasteiger charge is -2.29. The molecule has 226 valence electrons. The molecule has 3 aromatic rings. The number of nitrogens with zero attached hydrogens (tertiary/aromatic N) is 5. The first-order valence-electron chi connectivity index (χ1n) is 11.5. The van der Waals surface area contributed by atoms with E-state index < -0.39 is 48.3 Å². The van der Waals surface area contributed by atoms with Crippen molar-refractivity contribution in [2.24, 2.45) is 5.73 Å². The predicted molar refractivity (Wildman–Crippen MR) is 122 cm³/mol. The summed E-state index contributed by atoms with van der Waals surface area (Å²) in [6, 6.07) is 1.51. The fraction of sp³-hybridized carbons (Fsp3) is 0.476. The molecule has 1 aliphatic rings. The van der Waals surface area contributed by atoms with Crippen LogP contribution in [0.2, 0.25) is 0 Å². The van der Waals surface area contributed by atoms with Crippen molar-refractivity contribution in [3.63, 3.8) is 0 Å². The van der Waals surface area contributed by atoms with E-state index in [0.717, 1.165) is 31.9 Å². The van der Waals surface area contributed by atoms with Crippen LogP contribution in [0.5, 0.6) is 0 Å². The number of nitrogens with two attached hydrogens (primary N) is 1. The first-order valence-corrected chi connectivity index (χ1v) is 11.5. The first-order chi connectivity index (χ1) is 18.8. The third kappa shape index (κ3) is 8.44. The zero-order valence-corrected chi connectivity index (χ0v) is 20.5. The van der Waals surface area contributed by atoms with Crippen molar-refractivity contribution in [1.29, 1.82) is 0 Å². The lowest BCUT2D eigenvalue weighted by atomic mass is 9.91. The standard InChI is InChI=1S/C19H20F6N8O.C2HF3O2/c20-18(21,22)9-32-8-13(15(31-32)19(23,24)25)29-17(34)10-7-27-33-6-5-14(30-16(10)33)28-12-4-2-1-3-11(12)26;3-2(4,5)1(6)7/h5-8,11-12H,1-4,9,26H2,(H,28,30)(H,29,34);(H,6,7)/t11-,12+;/m0./s1. The number of hydrogen-bond acceptors (Lipinski definition) is 7. The molecule has 0 aromatic carbocycles. The third-order valence-corrected chi connectivity index (χ3v) is 5.63. The van der Waals surface area contributed by atoms with E-state index in [1.807, 2.05) is 5.32 Å². The van der Waals surface area contributed by atoms with Gasteiger partial charge < -0.3 is 21.5 Å². The van der Waals surface area contributed by atoms with Crippen LogP contribution in [0, 0.1) is 0 Å². The Labute approximate surface area is 223 Å². The van der Waals surface area contributed by atoms with Crippen LogP contribution in [0.15, 0.2) is 24.7 Å². The van der Waals surface area contributed by atoms with Crippen molar-refractivity contribution in [3.8, 4) is 0 Å². The van der Waals surface area contributed by atoms with Gasteiger partial charge in [0.05, 0.1) is 11.9 Å². The quantitative estimate of drug-likeness (QED) is 0.318. The molecule has 0 saturated heterocycles. The van der Waals surface area contributed by atoms with E-state index in [1.165, 1.54) is 10.7 Å². The maximum atomic E-state index is 13.3. The van der Waals surface area contributed by atoms with Crippen LogP contribution in [0.1, 0.15) is 41.7 Å². The molecule has 3 heterocycles. The van der Waals surface area contributed by atoms with Gasteiger partial charge in [0.2, 0.25) is 0 Å². The van der Waals surface area contributed by atoms with E-state index in [4.69, 9.17) is 15.6 Å². The fourth-order valence-electron chi connectivity index (χ4n) is 3.81. The summed E-state index contributed by atoms with van der Waals surface area (Å²) < 4.78 is 111. The number of carbonyl (C=O) groups excluding carboxylic acids is 1. The van der Waals surface area contributed by atoms with Crippen molar-refractivity contribution < 1.29 is 54.2 Å². The molecule has 4 rings (SSSR count). The Kier molecular flexibility index (Phi) is 9.04. The number of carboxylic acid groups (broad SMARTS) is 1.